The van der Waals surface area contributed by atoms with Gasteiger partial charge in [-0.1, -0.05) is 0 Å². The molecule has 17 heavy (non-hydrogen) atoms. The van der Waals surface area contributed by atoms with Gasteiger partial charge in [-0.15, -0.1) is 0 Å². The molecule has 3 rings (SSSR count). The average Bonchev–Trinajstić information content (AvgIpc) is 2.84. The van der Waals surface area contributed by atoms with Crippen molar-refractivity contribution in [1.82, 2.24) is 14.4 Å². The van der Waals surface area contributed by atoms with Crippen LogP contribution in [0.3, 0.4) is 0 Å². The van der Waals surface area contributed by atoms with E-state index in [0.29, 0.717) is 16.9 Å². The van der Waals surface area contributed by atoms with Crippen molar-refractivity contribution in [3.8, 4) is 6.07 Å². The van der Waals surface area contributed by atoms with Crippen molar-refractivity contribution in [2.75, 3.05) is 0 Å². The topological polar surface area (TPSA) is 94.2 Å². The maximum Gasteiger partial charge on any atom is 0.353 e. The predicted octanol–water partition coefficient (Wildman–Crippen LogP) is 1.39. The summed E-state index contributed by atoms with van der Waals surface area (Å²) in [4.78, 5) is 17.7. The lowest BCUT2D eigenvalue weighted by Crippen LogP contribution is -1.95. The van der Waals surface area contributed by atoms with Gasteiger partial charge in [0, 0.05) is 6.20 Å². The number of nitriles is 1. The van der Waals surface area contributed by atoms with Crippen LogP contribution in [0.25, 0.3) is 16.8 Å². The van der Waals surface area contributed by atoms with Crippen LogP contribution < -0.4 is 0 Å². The molecule has 0 aliphatic heterocycles. The zero-order valence-electron chi connectivity index (χ0n) is 8.51. The van der Waals surface area contributed by atoms with Gasteiger partial charge < -0.3 is 10.1 Å². The second-order valence-corrected chi connectivity index (χ2v) is 3.59. The summed E-state index contributed by atoms with van der Waals surface area (Å²) in [5, 5.41) is 17.6. The van der Waals surface area contributed by atoms with Crippen LogP contribution in [0.4, 0.5) is 0 Å². The summed E-state index contributed by atoms with van der Waals surface area (Å²) < 4.78 is 1.65. The normalized spacial score (nSPS) is 10.8. The molecule has 0 atom stereocenters. The molecule has 3 aromatic rings. The van der Waals surface area contributed by atoms with E-state index >= 15 is 0 Å². The molecule has 0 bridgehead atoms. The van der Waals surface area contributed by atoms with E-state index in [1.54, 1.807) is 22.6 Å². The van der Waals surface area contributed by atoms with E-state index in [-0.39, 0.29) is 5.69 Å². The Morgan fingerprint density at radius 2 is 2.35 bits per heavy atom. The lowest BCUT2D eigenvalue weighted by atomic mass is 10.2. The fourth-order valence-electron chi connectivity index (χ4n) is 1.78. The summed E-state index contributed by atoms with van der Waals surface area (Å²) in [5.41, 5.74) is 2.03. The van der Waals surface area contributed by atoms with E-state index in [2.05, 4.69) is 9.97 Å². The molecule has 82 valence electrons. The summed E-state index contributed by atoms with van der Waals surface area (Å²) in [7, 11) is 0. The molecule has 0 aliphatic rings. The molecule has 0 fully saturated rings. The van der Waals surface area contributed by atoms with Crippen molar-refractivity contribution in [2.45, 2.75) is 0 Å². The van der Waals surface area contributed by atoms with Gasteiger partial charge in [0.2, 0.25) is 5.78 Å². The zero-order chi connectivity index (χ0) is 12.0. The van der Waals surface area contributed by atoms with Gasteiger partial charge >= 0.3 is 5.97 Å². The molecule has 0 saturated heterocycles. The number of benzene rings is 1. The van der Waals surface area contributed by atoms with Crippen molar-refractivity contribution in [1.29, 1.82) is 5.26 Å². The second-order valence-electron chi connectivity index (χ2n) is 3.59. The van der Waals surface area contributed by atoms with Gasteiger partial charge in [-0.25, -0.2) is 9.78 Å². The minimum atomic E-state index is -1.03. The lowest BCUT2D eigenvalue weighted by Gasteiger charge is -1.90. The molecule has 0 spiro atoms. The third kappa shape index (κ3) is 1.26. The molecule has 0 saturated carbocycles. The molecule has 2 heterocycles. The fourth-order valence-corrected chi connectivity index (χ4v) is 1.78. The maximum atomic E-state index is 10.8. The van der Waals surface area contributed by atoms with Crippen LogP contribution in [-0.4, -0.2) is 25.4 Å². The fraction of sp³-hybridized carbons (Fsp3) is 0. The van der Waals surface area contributed by atoms with Crippen molar-refractivity contribution in [3.63, 3.8) is 0 Å². The van der Waals surface area contributed by atoms with Gasteiger partial charge in [-0.3, -0.25) is 4.40 Å². The number of aromatic carboxylic acids is 1. The first-order valence-corrected chi connectivity index (χ1v) is 4.83. The molecule has 2 aromatic heterocycles. The monoisotopic (exact) mass is 226 g/mol. The van der Waals surface area contributed by atoms with Gasteiger partial charge in [-0.05, 0) is 18.2 Å². The molecule has 6 nitrogen and oxygen atoms in total. The van der Waals surface area contributed by atoms with Gasteiger partial charge in [-0.2, -0.15) is 5.26 Å². The van der Waals surface area contributed by atoms with Crippen molar-refractivity contribution in [3.05, 3.63) is 35.7 Å². The molecule has 6 heteroatoms. The standard InChI is InChI=1S/C11H6N4O2/c12-4-6-1-2-9-7(3-6)13-11-14-8(10(16)17)5-15(9)11/h1-3,5H,(H,13,14)(H,16,17). The highest BCUT2D eigenvalue weighted by Gasteiger charge is 2.11. The number of nitrogens with one attached hydrogen (secondary N) is 1. The largest absolute Gasteiger partial charge is 0.477 e. The number of hydrogen-bond acceptors (Lipinski definition) is 3. The molecule has 0 aliphatic carbocycles. The summed E-state index contributed by atoms with van der Waals surface area (Å²) in [6.07, 6.45) is 1.47. The van der Waals surface area contributed by atoms with Crippen LogP contribution >= 0.6 is 0 Å². The minimum Gasteiger partial charge on any atom is -0.477 e. The van der Waals surface area contributed by atoms with E-state index in [0.717, 1.165) is 5.52 Å². The number of aromatic amines is 1. The maximum absolute atomic E-state index is 10.8. The molecule has 0 radical (unpaired) electrons. The SMILES string of the molecule is N#Cc1ccc2c(c1)nc1[nH]c(C(=O)O)cn12. The first-order valence-electron chi connectivity index (χ1n) is 4.83. The van der Waals surface area contributed by atoms with Crippen LogP contribution in [0.1, 0.15) is 16.1 Å². The Bertz CT molecular complexity index is 791. The van der Waals surface area contributed by atoms with Crippen LogP contribution in [0.5, 0.6) is 0 Å². The summed E-state index contributed by atoms with van der Waals surface area (Å²) in [6, 6.07) is 7.11. The Hall–Kier alpha value is -2.81. The molecule has 0 unspecified atom stereocenters. The molecular formula is C11H6N4O2. The number of aromatic nitrogens is 3. The van der Waals surface area contributed by atoms with Crippen molar-refractivity contribution < 1.29 is 9.90 Å². The van der Waals surface area contributed by atoms with E-state index in [9.17, 15) is 4.79 Å². The number of hydrogen-bond donors (Lipinski definition) is 2. The number of carboxylic acids is 1. The Labute approximate surface area is 94.7 Å². The lowest BCUT2D eigenvalue weighted by molar-refractivity contribution is 0.0691. The number of carboxylic acid groups (broad SMARTS) is 1. The average molecular weight is 226 g/mol. The van der Waals surface area contributed by atoms with E-state index in [1.807, 2.05) is 6.07 Å². The molecular weight excluding hydrogens is 220 g/mol. The van der Waals surface area contributed by atoms with E-state index < -0.39 is 5.97 Å². The molecule has 1 aromatic carbocycles. The number of nitrogens with zero attached hydrogens (tertiary/aromatic N) is 3. The molecule has 0 amide bonds. The van der Waals surface area contributed by atoms with E-state index in [4.69, 9.17) is 10.4 Å². The number of carbonyl (C=O) groups is 1. The van der Waals surface area contributed by atoms with Crippen molar-refractivity contribution in [2.24, 2.45) is 0 Å². The summed E-state index contributed by atoms with van der Waals surface area (Å²) in [6.45, 7) is 0. The Morgan fingerprint density at radius 1 is 1.53 bits per heavy atom. The Morgan fingerprint density at radius 3 is 3.06 bits per heavy atom. The minimum absolute atomic E-state index is 0.0822. The number of rotatable bonds is 1. The van der Waals surface area contributed by atoms with Crippen molar-refractivity contribution >= 4 is 22.8 Å². The Balaban J connectivity index is 2.35. The van der Waals surface area contributed by atoms with Crippen LogP contribution in [0.2, 0.25) is 0 Å². The highest BCUT2D eigenvalue weighted by molar-refractivity contribution is 5.88. The molecule has 2 N–H and O–H groups in total. The van der Waals surface area contributed by atoms with Gasteiger partial charge in [0.05, 0.1) is 22.7 Å². The number of fused-ring (bicyclic) bond motifs is 3. The quantitative estimate of drug-likeness (QED) is 0.655. The zero-order valence-corrected chi connectivity index (χ0v) is 8.51. The predicted molar refractivity (Wildman–Crippen MR) is 58.7 cm³/mol. The highest BCUT2D eigenvalue weighted by atomic mass is 16.4. The van der Waals surface area contributed by atoms with Gasteiger partial charge in [0.15, 0.2) is 0 Å². The third-order valence-electron chi connectivity index (χ3n) is 2.55. The third-order valence-corrected chi connectivity index (χ3v) is 2.55. The van der Waals surface area contributed by atoms with Crippen LogP contribution in [-0.2, 0) is 0 Å². The smallest absolute Gasteiger partial charge is 0.353 e. The second kappa shape index (κ2) is 3.09. The Kier molecular flexibility index (Phi) is 1.71. The number of H-pyrrole nitrogens is 1. The highest BCUT2D eigenvalue weighted by Crippen LogP contribution is 2.18. The first-order chi connectivity index (χ1) is 8.19. The van der Waals surface area contributed by atoms with Crippen LogP contribution in [0, 0.1) is 11.3 Å². The van der Waals surface area contributed by atoms with Crippen LogP contribution in [0.15, 0.2) is 24.4 Å². The van der Waals surface area contributed by atoms with Gasteiger partial charge in [0.1, 0.15) is 5.69 Å². The van der Waals surface area contributed by atoms with Gasteiger partial charge in [0.25, 0.3) is 0 Å². The summed E-state index contributed by atoms with van der Waals surface area (Å²) in [5.74, 6) is -0.579. The summed E-state index contributed by atoms with van der Waals surface area (Å²) >= 11 is 0. The number of imidazole rings is 2. The first kappa shape index (κ1) is 9.42. The van der Waals surface area contributed by atoms with E-state index in [1.165, 1.54) is 6.20 Å².